The second-order valence-corrected chi connectivity index (χ2v) is 4.58. The van der Waals surface area contributed by atoms with Gasteiger partial charge < -0.3 is 15.9 Å². The highest BCUT2D eigenvalue weighted by Crippen LogP contribution is 2.34. The largest absolute Gasteiger partial charge is 0.508 e. The van der Waals surface area contributed by atoms with Crippen molar-refractivity contribution >= 4 is 5.97 Å². The molecule has 4 N–H and O–H groups in total. The molecule has 100 valence electrons. The maximum Gasteiger partial charge on any atom is 0.314 e. The Labute approximate surface area is 107 Å². The molecule has 0 aliphatic carbocycles. The Morgan fingerprint density at radius 2 is 1.89 bits per heavy atom. The van der Waals surface area contributed by atoms with Gasteiger partial charge in [-0.3, -0.25) is 4.79 Å². The lowest BCUT2D eigenvalue weighted by molar-refractivity contribution is -0.144. The van der Waals surface area contributed by atoms with Gasteiger partial charge in [-0.15, -0.1) is 0 Å². The fourth-order valence-corrected chi connectivity index (χ4v) is 2.26. The van der Waals surface area contributed by atoms with Crippen LogP contribution in [0.25, 0.3) is 0 Å². The average molecular weight is 251 g/mol. The van der Waals surface area contributed by atoms with Crippen molar-refractivity contribution in [2.45, 2.75) is 38.0 Å². The molecule has 0 saturated carbocycles. The molecule has 1 aromatic rings. The van der Waals surface area contributed by atoms with Crippen LogP contribution in [0.2, 0.25) is 0 Å². The molecule has 1 unspecified atom stereocenters. The van der Waals surface area contributed by atoms with Crippen LogP contribution in [0.4, 0.5) is 0 Å². The van der Waals surface area contributed by atoms with Gasteiger partial charge in [-0.05, 0) is 37.1 Å². The lowest BCUT2D eigenvalue weighted by Gasteiger charge is -2.29. The van der Waals surface area contributed by atoms with E-state index in [1.54, 1.807) is 12.1 Å². The summed E-state index contributed by atoms with van der Waals surface area (Å²) in [6.07, 6.45) is 2.76. The minimum absolute atomic E-state index is 0.140. The second kappa shape index (κ2) is 6.40. The van der Waals surface area contributed by atoms with Crippen molar-refractivity contribution in [2.75, 3.05) is 6.54 Å². The molecule has 0 saturated heterocycles. The molecular formula is C14H21NO3. The van der Waals surface area contributed by atoms with Crippen molar-refractivity contribution in [1.29, 1.82) is 0 Å². The van der Waals surface area contributed by atoms with Crippen LogP contribution >= 0.6 is 0 Å². The first kappa shape index (κ1) is 14.5. The normalized spacial score (nSPS) is 14.1. The highest BCUT2D eigenvalue weighted by Gasteiger charge is 2.38. The number of carboxylic acid groups (broad SMARTS) is 1. The Morgan fingerprint density at radius 1 is 1.28 bits per heavy atom. The zero-order chi connectivity index (χ0) is 13.6. The molecule has 0 heterocycles. The molecular weight excluding hydrogens is 230 g/mol. The van der Waals surface area contributed by atoms with Gasteiger partial charge in [-0.25, -0.2) is 0 Å². The maximum atomic E-state index is 11.7. The van der Waals surface area contributed by atoms with Gasteiger partial charge in [0, 0.05) is 0 Å². The number of benzene rings is 1. The summed E-state index contributed by atoms with van der Waals surface area (Å²) in [5, 5.41) is 18.9. The van der Waals surface area contributed by atoms with Crippen molar-refractivity contribution < 1.29 is 15.0 Å². The molecule has 0 amide bonds. The highest BCUT2D eigenvalue weighted by atomic mass is 16.4. The molecule has 0 aliphatic rings. The van der Waals surface area contributed by atoms with Gasteiger partial charge in [0.25, 0.3) is 0 Å². The summed E-state index contributed by atoms with van der Waals surface area (Å²) in [5.41, 5.74) is 5.36. The van der Waals surface area contributed by atoms with E-state index in [0.29, 0.717) is 24.9 Å². The van der Waals surface area contributed by atoms with Crippen LogP contribution in [-0.4, -0.2) is 22.7 Å². The van der Waals surface area contributed by atoms with Gasteiger partial charge in [-0.2, -0.15) is 0 Å². The Kier molecular flexibility index (Phi) is 5.16. The summed E-state index contributed by atoms with van der Waals surface area (Å²) >= 11 is 0. The predicted octanol–water partition coefficient (Wildman–Crippen LogP) is 2.25. The molecule has 0 aromatic heterocycles. The average Bonchev–Trinajstić information content (AvgIpc) is 2.35. The molecule has 18 heavy (non-hydrogen) atoms. The lowest BCUT2D eigenvalue weighted by Crippen LogP contribution is -2.38. The van der Waals surface area contributed by atoms with Gasteiger partial charge >= 0.3 is 5.97 Å². The maximum absolute atomic E-state index is 11.7. The molecule has 0 radical (unpaired) electrons. The Balaban J connectivity index is 3.15. The predicted molar refractivity (Wildman–Crippen MR) is 70.6 cm³/mol. The minimum atomic E-state index is -0.932. The summed E-state index contributed by atoms with van der Waals surface area (Å²) < 4.78 is 0. The summed E-state index contributed by atoms with van der Waals surface area (Å²) in [6, 6.07) is 6.40. The van der Waals surface area contributed by atoms with Crippen LogP contribution < -0.4 is 5.73 Å². The first-order chi connectivity index (χ1) is 8.56. The van der Waals surface area contributed by atoms with Gasteiger partial charge in [0.2, 0.25) is 0 Å². The fraction of sp³-hybridized carbons (Fsp3) is 0.500. The smallest absolute Gasteiger partial charge is 0.314 e. The van der Waals surface area contributed by atoms with Gasteiger partial charge in [0.05, 0.1) is 5.41 Å². The van der Waals surface area contributed by atoms with Crippen molar-refractivity contribution in [1.82, 2.24) is 0 Å². The summed E-state index contributed by atoms with van der Waals surface area (Å²) in [6.45, 7) is 2.36. The highest BCUT2D eigenvalue weighted by molar-refractivity contribution is 5.81. The summed E-state index contributed by atoms with van der Waals surface area (Å²) in [4.78, 5) is 11.7. The molecule has 1 aromatic carbocycles. The SMILES string of the molecule is CCCCC(CCN)(C(=O)O)c1ccc(O)cc1. The molecule has 0 aliphatic heterocycles. The van der Waals surface area contributed by atoms with Crippen LogP contribution in [0.1, 0.15) is 38.2 Å². The summed E-state index contributed by atoms with van der Waals surface area (Å²) in [5.74, 6) is -0.701. The first-order valence-electron chi connectivity index (χ1n) is 6.30. The van der Waals surface area contributed by atoms with Crippen LogP contribution in [0.3, 0.4) is 0 Å². The van der Waals surface area contributed by atoms with Crippen molar-refractivity contribution in [3.8, 4) is 5.75 Å². The second-order valence-electron chi connectivity index (χ2n) is 4.58. The zero-order valence-electron chi connectivity index (χ0n) is 10.7. The van der Waals surface area contributed by atoms with Crippen molar-refractivity contribution in [3.05, 3.63) is 29.8 Å². The number of carboxylic acids is 1. The topological polar surface area (TPSA) is 83.6 Å². The number of aliphatic carboxylic acids is 1. The number of unbranched alkanes of at least 4 members (excludes halogenated alkanes) is 1. The fourth-order valence-electron chi connectivity index (χ4n) is 2.26. The Morgan fingerprint density at radius 3 is 2.33 bits per heavy atom. The van der Waals surface area contributed by atoms with E-state index in [0.717, 1.165) is 12.8 Å². The summed E-state index contributed by atoms with van der Waals surface area (Å²) in [7, 11) is 0. The zero-order valence-corrected chi connectivity index (χ0v) is 10.7. The van der Waals surface area contributed by atoms with E-state index in [-0.39, 0.29) is 5.75 Å². The number of carbonyl (C=O) groups is 1. The van der Waals surface area contributed by atoms with Gasteiger partial charge in [-0.1, -0.05) is 31.9 Å². The monoisotopic (exact) mass is 251 g/mol. The van der Waals surface area contributed by atoms with E-state index in [1.165, 1.54) is 12.1 Å². The van der Waals surface area contributed by atoms with Crippen LogP contribution in [0.15, 0.2) is 24.3 Å². The number of aromatic hydroxyl groups is 1. The number of phenols is 1. The number of hydrogen-bond donors (Lipinski definition) is 3. The number of hydrogen-bond acceptors (Lipinski definition) is 3. The molecule has 1 atom stereocenters. The third kappa shape index (κ3) is 3.01. The molecule has 4 nitrogen and oxygen atoms in total. The van der Waals surface area contributed by atoms with E-state index in [9.17, 15) is 15.0 Å². The molecule has 1 rings (SSSR count). The standard InChI is InChI=1S/C14H21NO3/c1-2-3-8-14(9-10-15,13(17)18)11-4-6-12(16)7-5-11/h4-7,16H,2-3,8-10,15H2,1H3,(H,17,18). The van der Waals surface area contributed by atoms with Crippen molar-refractivity contribution in [2.24, 2.45) is 5.73 Å². The number of phenolic OH excluding ortho intramolecular Hbond substituents is 1. The van der Waals surface area contributed by atoms with Gasteiger partial charge in [0.1, 0.15) is 5.75 Å². The van der Waals surface area contributed by atoms with E-state index in [1.807, 2.05) is 6.92 Å². The first-order valence-corrected chi connectivity index (χ1v) is 6.30. The Hall–Kier alpha value is -1.55. The van der Waals surface area contributed by atoms with Crippen LogP contribution in [0, 0.1) is 0 Å². The Bertz CT molecular complexity index is 389. The molecule has 0 fully saturated rings. The van der Waals surface area contributed by atoms with E-state index < -0.39 is 11.4 Å². The number of rotatable bonds is 7. The number of nitrogens with two attached hydrogens (primary N) is 1. The molecule has 0 spiro atoms. The quantitative estimate of drug-likeness (QED) is 0.694. The lowest BCUT2D eigenvalue weighted by atomic mass is 9.74. The van der Waals surface area contributed by atoms with Gasteiger partial charge in [0.15, 0.2) is 0 Å². The minimum Gasteiger partial charge on any atom is -0.508 e. The van der Waals surface area contributed by atoms with E-state index in [2.05, 4.69) is 0 Å². The van der Waals surface area contributed by atoms with Crippen LogP contribution in [-0.2, 0) is 10.2 Å². The van der Waals surface area contributed by atoms with E-state index >= 15 is 0 Å². The molecule has 0 bridgehead atoms. The third-order valence-corrected chi connectivity index (χ3v) is 3.36. The molecule has 4 heteroatoms. The van der Waals surface area contributed by atoms with E-state index in [4.69, 9.17) is 5.73 Å². The van der Waals surface area contributed by atoms with Crippen LogP contribution in [0.5, 0.6) is 5.75 Å². The third-order valence-electron chi connectivity index (χ3n) is 3.36. The van der Waals surface area contributed by atoms with Crippen molar-refractivity contribution in [3.63, 3.8) is 0 Å².